The summed E-state index contributed by atoms with van der Waals surface area (Å²) in [5, 5.41) is 0. The van der Waals surface area contributed by atoms with Crippen molar-refractivity contribution >= 4 is 17.6 Å². The van der Waals surface area contributed by atoms with E-state index in [0.717, 1.165) is 45.1 Å². The van der Waals surface area contributed by atoms with Gasteiger partial charge in [-0.25, -0.2) is 4.98 Å². The zero-order valence-electron chi connectivity index (χ0n) is 16.7. The first-order valence-electron chi connectivity index (χ1n) is 10.3. The zero-order chi connectivity index (χ0) is 19.2. The quantitative estimate of drug-likeness (QED) is 0.791. The van der Waals surface area contributed by atoms with Gasteiger partial charge in [0.25, 0.3) is 5.82 Å². The van der Waals surface area contributed by atoms with Crippen LogP contribution in [0.4, 0.5) is 5.82 Å². The molecule has 6 heteroatoms. The molecule has 0 radical (unpaired) electrons. The van der Waals surface area contributed by atoms with E-state index in [0.29, 0.717) is 31.1 Å². The van der Waals surface area contributed by atoms with Crippen molar-refractivity contribution in [3.8, 4) is 0 Å². The van der Waals surface area contributed by atoms with Crippen LogP contribution in [0.25, 0.3) is 0 Å². The second-order valence-electron chi connectivity index (χ2n) is 8.21. The maximum atomic E-state index is 12.5. The number of carbonyl (C=O) groups excluding carboxylic acids is 2. The number of anilines is 1. The van der Waals surface area contributed by atoms with Crippen LogP contribution in [0, 0.1) is 11.8 Å². The molecule has 148 valence electrons. The minimum absolute atomic E-state index is 0.180. The van der Waals surface area contributed by atoms with Crippen LogP contribution in [-0.2, 0) is 9.59 Å². The first-order chi connectivity index (χ1) is 13.0. The van der Waals surface area contributed by atoms with E-state index in [-0.39, 0.29) is 11.8 Å². The summed E-state index contributed by atoms with van der Waals surface area (Å²) in [5.41, 5.74) is 0. The number of carbonyl (C=O) groups is 2. The molecule has 2 atom stereocenters. The van der Waals surface area contributed by atoms with Crippen LogP contribution in [0.1, 0.15) is 39.5 Å². The maximum Gasteiger partial charge on any atom is 0.274 e. The van der Waals surface area contributed by atoms with E-state index in [1.165, 1.54) is 6.42 Å². The Hall–Kier alpha value is -2.11. The Bertz CT molecular complexity index is 618. The molecule has 2 amide bonds. The number of pyridine rings is 1. The van der Waals surface area contributed by atoms with Gasteiger partial charge in [0.15, 0.2) is 0 Å². The van der Waals surface area contributed by atoms with Gasteiger partial charge in [0.1, 0.15) is 13.1 Å². The molecule has 1 aromatic rings. The average Bonchev–Trinajstić information content (AvgIpc) is 2.68. The lowest BCUT2D eigenvalue weighted by molar-refractivity contribution is -0.364. The molecule has 2 saturated heterocycles. The van der Waals surface area contributed by atoms with Crippen LogP contribution in [0.5, 0.6) is 0 Å². The number of aromatic amines is 1. The molecule has 0 bridgehead atoms. The number of H-pyrrole nitrogens is 1. The van der Waals surface area contributed by atoms with Crippen LogP contribution in [0.2, 0.25) is 0 Å². The molecule has 0 saturated carbocycles. The van der Waals surface area contributed by atoms with Crippen molar-refractivity contribution in [1.29, 1.82) is 0 Å². The molecule has 0 aliphatic carbocycles. The Morgan fingerprint density at radius 3 is 2.19 bits per heavy atom. The van der Waals surface area contributed by atoms with E-state index < -0.39 is 0 Å². The number of amides is 2. The van der Waals surface area contributed by atoms with Crippen LogP contribution in [0.3, 0.4) is 0 Å². The fourth-order valence-electron chi connectivity index (χ4n) is 4.35. The van der Waals surface area contributed by atoms with E-state index in [1.54, 1.807) is 0 Å². The Morgan fingerprint density at radius 1 is 0.963 bits per heavy atom. The van der Waals surface area contributed by atoms with Gasteiger partial charge >= 0.3 is 0 Å². The molecule has 1 N–H and O–H groups in total. The van der Waals surface area contributed by atoms with E-state index >= 15 is 0 Å². The SMILES string of the molecule is C[C@@H]1C[C@H](C)CN(C(=O)CCCC(=O)N2CCN(c3cccc[nH+]3)CC2)C1. The normalized spacial score (nSPS) is 23.4. The second kappa shape index (κ2) is 9.20. The summed E-state index contributed by atoms with van der Waals surface area (Å²) in [6, 6.07) is 6.05. The summed E-state index contributed by atoms with van der Waals surface area (Å²) < 4.78 is 0. The first kappa shape index (κ1) is 19.6. The lowest BCUT2D eigenvalue weighted by Crippen LogP contribution is -2.50. The van der Waals surface area contributed by atoms with Gasteiger partial charge in [0.2, 0.25) is 11.8 Å². The highest BCUT2D eigenvalue weighted by atomic mass is 16.2. The molecule has 6 nitrogen and oxygen atoms in total. The topological polar surface area (TPSA) is 58.0 Å². The zero-order valence-corrected chi connectivity index (χ0v) is 16.7. The van der Waals surface area contributed by atoms with E-state index in [1.807, 2.05) is 28.1 Å². The van der Waals surface area contributed by atoms with E-state index in [9.17, 15) is 9.59 Å². The van der Waals surface area contributed by atoms with Gasteiger partial charge < -0.3 is 9.80 Å². The van der Waals surface area contributed by atoms with Crippen molar-refractivity contribution in [2.24, 2.45) is 11.8 Å². The summed E-state index contributed by atoms with van der Waals surface area (Å²) in [6.07, 6.45) is 4.75. The van der Waals surface area contributed by atoms with Gasteiger partial charge in [-0.2, -0.15) is 0 Å². The molecule has 0 aromatic carbocycles. The smallest absolute Gasteiger partial charge is 0.274 e. The maximum absolute atomic E-state index is 12.5. The summed E-state index contributed by atoms with van der Waals surface area (Å²) in [7, 11) is 0. The molecular formula is C21H33N4O2+. The molecule has 2 aliphatic heterocycles. The number of rotatable bonds is 5. The van der Waals surface area contributed by atoms with Gasteiger partial charge in [-0.3, -0.25) is 14.5 Å². The number of aromatic nitrogens is 1. The average molecular weight is 374 g/mol. The number of nitrogens with one attached hydrogen (secondary N) is 1. The fraction of sp³-hybridized carbons (Fsp3) is 0.667. The number of likely N-dealkylation sites (tertiary alicyclic amines) is 1. The minimum Gasteiger partial charge on any atom is -0.342 e. The van der Waals surface area contributed by atoms with Gasteiger partial charge in [-0.15, -0.1) is 0 Å². The Kier molecular flexibility index (Phi) is 6.69. The lowest BCUT2D eigenvalue weighted by Gasteiger charge is -2.35. The van der Waals surface area contributed by atoms with E-state index in [2.05, 4.69) is 29.8 Å². The molecule has 3 heterocycles. The standard InChI is InChI=1S/C21H32N4O2/c1-17-14-18(2)16-25(15-17)21(27)8-5-7-20(26)24-12-10-23(11-13-24)19-6-3-4-9-22-19/h3-4,6,9,17-18H,5,7-8,10-16H2,1-2H3/p+1/t17-,18+. The van der Waals surface area contributed by atoms with E-state index in [4.69, 9.17) is 0 Å². The molecule has 2 fully saturated rings. The van der Waals surface area contributed by atoms with Crippen LogP contribution < -0.4 is 9.88 Å². The second-order valence-corrected chi connectivity index (χ2v) is 8.21. The van der Waals surface area contributed by atoms with Crippen molar-refractivity contribution in [2.75, 3.05) is 44.2 Å². The Morgan fingerprint density at radius 2 is 1.59 bits per heavy atom. The number of hydrogen-bond acceptors (Lipinski definition) is 3. The summed E-state index contributed by atoms with van der Waals surface area (Å²) >= 11 is 0. The number of piperazine rings is 1. The molecular weight excluding hydrogens is 340 g/mol. The largest absolute Gasteiger partial charge is 0.342 e. The third-order valence-corrected chi connectivity index (χ3v) is 5.67. The predicted octanol–water partition coefficient (Wildman–Crippen LogP) is 1.82. The molecule has 2 aliphatic rings. The first-order valence-corrected chi connectivity index (χ1v) is 10.3. The van der Waals surface area contributed by atoms with Crippen LogP contribution in [-0.4, -0.2) is 60.9 Å². The van der Waals surface area contributed by atoms with Crippen molar-refractivity contribution in [3.63, 3.8) is 0 Å². The highest BCUT2D eigenvalue weighted by molar-refractivity contribution is 5.79. The van der Waals surface area contributed by atoms with Gasteiger partial charge in [0, 0.05) is 32.0 Å². The van der Waals surface area contributed by atoms with Crippen molar-refractivity contribution in [2.45, 2.75) is 39.5 Å². The molecule has 1 aromatic heterocycles. The number of nitrogens with zero attached hydrogens (tertiary/aromatic N) is 3. The minimum atomic E-state index is 0.180. The van der Waals surface area contributed by atoms with Crippen molar-refractivity contribution < 1.29 is 14.6 Å². The number of piperidine rings is 1. The Balaban J connectivity index is 1.37. The predicted molar refractivity (Wildman–Crippen MR) is 105 cm³/mol. The van der Waals surface area contributed by atoms with Gasteiger partial charge in [0.05, 0.1) is 19.3 Å². The molecule has 0 spiro atoms. The lowest BCUT2D eigenvalue weighted by atomic mass is 9.91. The summed E-state index contributed by atoms with van der Waals surface area (Å²) in [6.45, 7) is 9.35. The van der Waals surface area contributed by atoms with Crippen molar-refractivity contribution in [3.05, 3.63) is 24.4 Å². The highest BCUT2D eigenvalue weighted by Crippen LogP contribution is 2.22. The molecule has 3 rings (SSSR count). The van der Waals surface area contributed by atoms with Crippen LogP contribution in [0.15, 0.2) is 24.4 Å². The summed E-state index contributed by atoms with van der Waals surface area (Å²) in [5.74, 6) is 2.65. The summed E-state index contributed by atoms with van der Waals surface area (Å²) in [4.78, 5) is 34.4. The number of hydrogen-bond donors (Lipinski definition) is 0. The molecule has 0 unspecified atom stereocenters. The monoisotopic (exact) mass is 373 g/mol. The fourth-order valence-corrected chi connectivity index (χ4v) is 4.35. The van der Waals surface area contributed by atoms with Gasteiger partial charge in [-0.05, 0) is 30.7 Å². The third kappa shape index (κ3) is 5.44. The Labute approximate surface area is 162 Å². The van der Waals surface area contributed by atoms with Crippen molar-refractivity contribution in [1.82, 2.24) is 9.80 Å². The van der Waals surface area contributed by atoms with Crippen LogP contribution >= 0.6 is 0 Å². The highest BCUT2D eigenvalue weighted by Gasteiger charge is 2.27. The third-order valence-electron chi connectivity index (χ3n) is 5.67. The van der Waals surface area contributed by atoms with Gasteiger partial charge in [-0.1, -0.05) is 19.9 Å². The molecule has 27 heavy (non-hydrogen) atoms.